The second kappa shape index (κ2) is 5.27. The van der Waals surface area contributed by atoms with E-state index in [2.05, 4.69) is 4.72 Å². The minimum absolute atomic E-state index is 0.227. The van der Waals surface area contributed by atoms with Gasteiger partial charge in [-0.05, 0) is 19.3 Å². The molecule has 15 heavy (non-hydrogen) atoms. The Morgan fingerprint density at radius 3 is 2.40 bits per heavy atom. The second-order valence-corrected chi connectivity index (χ2v) is 6.31. The highest BCUT2D eigenvalue weighted by atomic mass is 32.2. The quantitative estimate of drug-likeness (QED) is 0.719. The van der Waals surface area contributed by atoms with E-state index in [0.29, 0.717) is 6.54 Å². The number of rotatable bonds is 6. The Hall–Kier alpha value is -0.130. The van der Waals surface area contributed by atoms with Crippen LogP contribution in [0.15, 0.2) is 0 Å². The maximum Gasteiger partial charge on any atom is 0.212 e. The van der Waals surface area contributed by atoms with Crippen molar-refractivity contribution >= 4 is 10.0 Å². The molecule has 0 radical (unpaired) electrons. The average Bonchev–Trinajstić information content (AvgIpc) is 2.63. The highest BCUT2D eigenvalue weighted by Gasteiger charge is 2.35. The molecular weight excluding hydrogens is 212 g/mol. The normalized spacial score (nSPS) is 20.7. The molecule has 90 valence electrons. The Kier molecular flexibility index (Phi) is 4.55. The molecule has 4 nitrogen and oxygen atoms in total. The maximum atomic E-state index is 11.7. The van der Waals surface area contributed by atoms with Crippen molar-refractivity contribution in [2.45, 2.75) is 51.0 Å². The van der Waals surface area contributed by atoms with Crippen molar-refractivity contribution in [2.24, 2.45) is 5.73 Å². The topological polar surface area (TPSA) is 72.2 Å². The van der Waals surface area contributed by atoms with Crippen LogP contribution in [0.25, 0.3) is 0 Å². The first kappa shape index (κ1) is 12.9. The lowest BCUT2D eigenvalue weighted by atomic mass is 10.0. The number of sulfonamides is 1. The Morgan fingerprint density at radius 2 is 1.93 bits per heavy atom. The van der Waals surface area contributed by atoms with Gasteiger partial charge in [-0.25, -0.2) is 13.1 Å². The molecule has 1 saturated carbocycles. The summed E-state index contributed by atoms with van der Waals surface area (Å²) in [7, 11) is -3.13. The van der Waals surface area contributed by atoms with Gasteiger partial charge in [0.1, 0.15) is 0 Å². The molecular formula is C10H22N2O2S. The van der Waals surface area contributed by atoms with Crippen LogP contribution in [-0.4, -0.2) is 26.3 Å². The third-order valence-corrected chi connectivity index (χ3v) is 4.66. The Bertz CT molecular complexity index is 282. The van der Waals surface area contributed by atoms with Gasteiger partial charge in [0.2, 0.25) is 10.0 Å². The zero-order valence-corrected chi connectivity index (χ0v) is 10.3. The molecule has 1 aliphatic carbocycles. The number of unbranched alkanes of at least 4 members (excludes halogenated alkanes) is 1. The molecule has 0 amide bonds. The molecule has 0 bridgehead atoms. The van der Waals surface area contributed by atoms with Crippen molar-refractivity contribution in [3.05, 3.63) is 0 Å². The fourth-order valence-electron chi connectivity index (χ4n) is 2.11. The first-order valence-electron chi connectivity index (χ1n) is 5.75. The molecule has 5 heteroatoms. The minimum Gasteiger partial charge on any atom is -0.329 e. The van der Waals surface area contributed by atoms with Crippen LogP contribution < -0.4 is 10.5 Å². The van der Waals surface area contributed by atoms with E-state index < -0.39 is 10.0 Å². The predicted molar refractivity (Wildman–Crippen MR) is 62.1 cm³/mol. The van der Waals surface area contributed by atoms with Gasteiger partial charge in [0.15, 0.2) is 0 Å². The number of nitrogens with one attached hydrogen (secondary N) is 1. The third-order valence-electron chi connectivity index (χ3n) is 3.09. The molecule has 0 aliphatic heterocycles. The Labute approximate surface area is 92.7 Å². The van der Waals surface area contributed by atoms with E-state index >= 15 is 0 Å². The van der Waals surface area contributed by atoms with E-state index in [1.807, 2.05) is 6.92 Å². The summed E-state index contributed by atoms with van der Waals surface area (Å²) in [6.45, 7) is 2.40. The van der Waals surface area contributed by atoms with Gasteiger partial charge >= 0.3 is 0 Å². The van der Waals surface area contributed by atoms with Gasteiger partial charge in [-0.1, -0.05) is 26.2 Å². The van der Waals surface area contributed by atoms with Crippen LogP contribution in [0, 0.1) is 0 Å². The van der Waals surface area contributed by atoms with Gasteiger partial charge < -0.3 is 5.73 Å². The van der Waals surface area contributed by atoms with Gasteiger partial charge in [0, 0.05) is 12.1 Å². The lowest BCUT2D eigenvalue weighted by Crippen LogP contribution is -2.52. The van der Waals surface area contributed by atoms with E-state index in [1.165, 1.54) is 0 Å². The predicted octanol–water partition coefficient (Wildman–Crippen LogP) is 0.977. The Morgan fingerprint density at radius 1 is 1.33 bits per heavy atom. The Balaban J connectivity index is 2.58. The largest absolute Gasteiger partial charge is 0.329 e. The molecule has 0 unspecified atom stereocenters. The lowest BCUT2D eigenvalue weighted by molar-refractivity contribution is 0.399. The molecule has 1 rings (SSSR count). The average molecular weight is 234 g/mol. The monoisotopic (exact) mass is 234 g/mol. The van der Waals surface area contributed by atoms with E-state index in [9.17, 15) is 8.42 Å². The number of hydrogen-bond donors (Lipinski definition) is 2. The van der Waals surface area contributed by atoms with Crippen molar-refractivity contribution in [1.82, 2.24) is 4.72 Å². The smallest absolute Gasteiger partial charge is 0.212 e. The molecule has 0 atom stereocenters. The van der Waals surface area contributed by atoms with Crippen LogP contribution >= 0.6 is 0 Å². The SMILES string of the molecule is CCCCS(=O)(=O)NC1(CN)CCCC1. The summed E-state index contributed by atoms with van der Waals surface area (Å²) in [5.74, 6) is 0.227. The minimum atomic E-state index is -3.13. The van der Waals surface area contributed by atoms with E-state index in [1.54, 1.807) is 0 Å². The van der Waals surface area contributed by atoms with Gasteiger partial charge in [-0.3, -0.25) is 0 Å². The first-order valence-corrected chi connectivity index (χ1v) is 7.40. The number of hydrogen-bond acceptors (Lipinski definition) is 3. The van der Waals surface area contributed by atoms with Crippen molar-refractivity contribution in [1.29, 1.82) is 0 Å². The van der Waals surface area contributed by atoms with Crippen molar-refractivity contribution in [2.75, 3.05) is 12.3 Å². The summed E-state index contributed by atoms with van der Waals surface area (Å²) in [5, 5.41) is 0. The van der Waals surface area contributed by atoms with Crippen LogP contribution in [0.5, 0.6) is 0 Å². The van der Waals surface area contributed by atoms with Gasteiger partial charge in [-0.15, -0.1) is 0 Å². The summed E-state index contributed by atoms with van der Waals surface area (Å²) in [5.41, 5.74) is 5.34. The molecule has 1 aliphatic rings. The highest BCUT2D eigenvalue weighted by Crippen LogP contribution is 2.29. The standard InChI is InChI=1S/C10H22N2O2S/c1-2-3-8-15(13,14)12-10(9-11)6-4-5-7-10/h12H,2-9,11H2,1H3. The lowest BCUT2D eigenvalue weighted by Gasteiger charge is -2.28. The van der Waals surface area contributed by atoms with Gasteiger partial charge in [0.05, 0.1) is 5.75 Å². The van der Waals surface area contributed by atoms with Gasteiger partial charge in [-0.2, -0.15) is 0 Å². The summed E-state index contributed by atoms with van der Waals surface area (Å²) in [6.07, 6.45) is 5.54. The number of nitrogens with two attached hydrogens (primary N) is 1. The van der Waals surface area contributed by atoms with Crippen LogP contribution in [0.2, 0.25) is 0 Å². The highest BCUT2D eigenvalue weighted by molar-refractivity contribution is 7.89. The molecule has 0 heterocycles. The third kappa shape index (κ3) is 3.74. The zero-order chi connectivity index (χ0) is 11.4. The van der Waals surface area contributed by atoms with Crippen molar-refractivity contribution in [3.63, 3.8) is 0 Å². The van der Waals surface area contributed by atoms with Crippen LogP contribution in [0.1, 0.15) is 45.4 Å². The van der Waals surface area contributed by atoms with Gasteiger partial charge in [0.25, 0.3) is 0 Å². The molecule has 0 spiro atoms. The molecule has 0 saturated heterocycles. The summed E-state index contributed by atoms with van der Waals surface area (Å²) in [4.78, 5) is 0. The molecule has 0 aromatic carbocycles. The summed E-state index contributed by atoms with van der Waals surface area (Å²) < 4.78 is 26.3. The molecule has 0 aromatic heterocycles. The van der Waals surface area contributed by atoms with Crippen LogP contribution in [0.4, 0.5) is 0 Å². The van der Waals surface area contributed by atoms with E-state index in [0.717, 1.165) is 38.5 Å². The molecule has 0 aromatic rings. The first-order chi connectivity index (χ1) is 7.04. The van der Waals surface area contributed by atoms with E-state index in [-0.39, 0.29) is 11.3 Å². The summed E-state index contributed by atoms with van der Waals surface area (Å²) >= 11 is 0. The summed E-state index contributed by atoms with van der Waals surface area (Å²) in [6, 6.07) is 0. The van der Waals surface area contributed by atoms with Crippen LogP contribution in [0.3, 0.4) is 0 Å². The molecule has 3 N–H and O–H groups in total. The zero-order valence-electron chi connectivity index (χ0n) is 9.46. The fourth-order valence-corrected chi connectivity index (χ4v) is 3.83. The fraction of sp³-hybridized carbons (Fsp3) is 1.00. The van der Waals surface area contributed by atoms with Crippen molar-refractivity contribution < 1.29 is 8.42 Å². The van der Waals surface area contributed by atoms with E-state index in [4.69, 9.17) is 5.73 Å². The molecule has 1 fully saturated rings. The van der Waals surface area contributed by atoms with Crippen LogP contribution in [-0.2, 0) is 10.0 Å². The maximum absolute atomic E-state index is 11.7. The van der Waals surface area contributed by atoms with Crippen molar-refractivity contribution in [3.8, 4) is 0 Å². The second-order valence-electron chi connectivity index (χ2n) is 4.47.